The third-order valence-electron chi connectivity index (χ3n) is 5.50. The molecular weight excluding hydrogens is 350 g/mol. The molecule has 0 bridgehead atoms. The van der Waals surface area contributed by atoms with Gasteiger partial charge in [-0.05, 0) is 30.4 Å². The largest absolute Gasteiger partial charge is 0.360 e. The average molecular weight is 374 g/mol. The van der Waals surface area contributed by atoms with Gasteiger partial charge in [-0.15, -0.1) is 0 Å². The number of piperazine rings is 1. The highest BCUT2D eigenvalue weighted by atomic mass is 35.5. The molecule has 1 amide bonds. The van der Waals surface area contributed by atoms with E-state index in [2.05, 4.69) is 23.0 Å². The first kappa shape index (κ1) is 17.6. The van der Waals surface area contributed by atoms with E-state index in [0.29, 0.717) is 24.7 Å². The van der Waals surface area contributed by atoms with Gasteiger partial charge in [-0.1, -0.05) is 41.9 Å². The van der Waals surface area contributed by atoms with Crippen LogP contribution in [-0.2, 0) is 19.4 Å². The zero-order valence-corrected chi connectivity index (χ0v) is 15.8. The lowest BCUT2D eigenvalue weighted by molar-refractivity contribution is 0.0617. The monoisotopic (exact) mass is 373 g/mol. The first-order valence-electron chi connectivity index (χ1n) is 9.34. The molecule has 1 aliphatic carbocycles. The van der Waals surface area contributed by atoms with Crippen LogP contribution in [0.4, 0.5) is 0 Å². The number of aryl methyl sites for hydroxylation is 1. The number of rotatable bonds is 3. The van der Waals surface area contributed by atoms with E-state index in [1.54, 1.807) is 0 Å². The van der Waals surface area contributed by atoms with Gasteiger partial charge < -0.3 is 9.42 Å². The molecule has 2 heterocycles. The van der Waals surface area contributed by atoms with Gasteiger partial charge in [-0.25, -0.2) is 0 Å². The number of aromatic nitrogens is 1. The van der Waals surface area contributed by atoms with Crippen molar-refractivity contribution in [1.82, 2.24) is 15.0 Å². The Balaban J connectivity index is 1.38. The number of nitrogens with zero attached hydrogens (tertiary/aromatic N) is 3. The lowest BCUT2D eigenvalue weighted by Gasteiger charge is -2.34. The van der Waals surface area contributed by atoms with Gasteiger partial charge in [-0.2, -0.15) is 0 Å². The molecule has 0 saturated carbocycles. The van der Waals surface area contributed by atoms with Gasteiger partial charge in [0.05, 0.1) is 0 Å². The SMILES string of the molecule is CC1CCc2onc(C(=O)N3CCN(Cc4ccccc4Cl)CC3)c2C1. The van der Waals surface area contributed by atoms with Crippen molar-refractivity contribution in [2.24, 2.45) is 5.92 Å². The molecule has 2 aliphatic rings. The quantitative estimate of drug-likeness (QED) is 0.827. The molecule has 5 nitrogen and oxygen atoms in total. The highest BCUT2D eigenvalue weighted by molar-refractivity contribution is 6.31. The van der Waals surface area contributed by atoms with Gasteiger partial charge in [0, 0.05) is 49.7 Å². The van der Waals surface area contributed by atoms with Crippen molar-refractivity contribution in [2.75, 3.05) is 26.2 Å². The minimum Gasteiger partial charge on any atom is -0.360 e. The lowest BCUT2D eigenvalue weighted by Crippen LogP contribution is -2.48. The maximum Gasteiger partial charge on any atom is 0.276 e. The van der Waals surface area contributed by atoms with E-state index in [0.717, 1.165) is 60.8 Å². The van der Waals surface area contributed by atoms with Gasteiger partial charge >= 0.3 is 0 Å². The predicted molar refractivity (Wildman–Crippen MR) is 100 cm³/mol. The number of benzene rings is 1. The zero-order valence-electron chi connectivity index (χ0n) is 15.1. The third kappa shape index (κ3) is 3.51. The Bertz CT molecular complexity index is 796. The molecule has 0 spiro atoms. The fourth-order valence-electron chi connectivity index (χ4n) is 3.87. The summed E-state index contributed by atoms with van der Waals surface area (Å²) in [5.41, 5.74) is 2.70. The van der Waals surface area contributed by atoms with E-state index in [-0.39, 0.29) is 5.91 Å². The fraction of sp³-hybridized carbons (Fsp3) is 0.500. The van der Waals surface area contributed by atoms with Crippen LogP contribution in [0, 0.1) is 5.92 Å². The number of hydrogen-bond donors (Lipinski definition) is 0. The van der Waals surface area contributed by atoms with E-state index in [1.807, 2.05) is 23.1 Å². The van der Waals surface area contributed by atoms with Crippen LogP contribution in [-0.4, -0.2) is 47.0 Å². The molecule has 4 rings (SSSR count). The normalized spacial score (nSPS) is 20.8. The minimum atomic E-state index is 0.0153. The molecule has 26 heavy (non-hydrogen) atoms. The van der Waals surface area contributed by atoms with Crippen LogP contribution in [0.1, 0.15) is 40.7 Å². The summed E-state index contributed by atoms with van der Waals surface area (Å²) in [6.07, 6.45) is 2.89. The number of carbonyl (C=O) groups excluding carboxylic acids is 1. The maximum atomic E-state index is 12.9. The van der Waals surface area contributed by atoms with Crippen molar-refractivity contribution in [2.45, 2.75) is 32.7 Å². The summed E-state index contributed by atoms with van der Waals surface area (Å²) in [6.45, 7) is 6.14. The number of carbonyl (C=O) groups is 1. The van der Waals surface area contributed by atoms with Crippen molar-refractivity contribution < 1.29 is 9.32 Å². The van der Waals surface area contributed by atoms with Crippen LogP contribution in [0.3, 0.4) is 0 Å². The van der Waals surface area contributed by atoms with Crippen LogP contribution < -0.4 is 0 Å². The number of amides is 1. The summed E-state index contributed by atoms with van der Waals surface area (Å²) < 4.78 is 5.44. The summed E-state index contributed by atoms with van der Waals surface area (Å²) in [5.74, 6) is 1.51. The van der Waals surface area contributed by atoms with Crippen molar-refractivity contribution in [3.05, 3.63) is 51.9 Å². The molecule has 1 fully saturated rings. The van der Waals surface area contributed by atoms with E-state index in [4.69, 9.17) is 16.1 Å². The van der Waals surface area contributed by atoms with Crippen LogP contribution in [0.5, 0.6) is 0 Å². The molecule has 1 unspecified atom stereocenters. The molecule has 2 aromatic rings. The molecule has 1 saturated heterocycles. The average Bonchev–Trinajstić information content (AvgIpc) is 3.06. The van der Waals surface area contributed by atoms with Gasteiger partial charge in [0.15, 0.2) is 5.69 Å². The highest BCUT2D eigenvalue weighted by Gasteiger charge is 2.31. The fourth-order valence-corrected chi connectivity index (χ4v) is 4.07. The Morgan fingerprint density at radius 1 is 1.27 bits per heavy atom. The Kier molecular flexibility index (Phi) is 5.00. The molecule has 6 heteroatoms. The molecule has 1 aliphatic heterocycles. The minimum absolute atomic E-state index is 0.0153. The molecule has 0 radical (unpaired) electrons. The van der Waals surface area contributed by atoms with E-state index in [1.165, 1.54) is 0 Å². The van der Waals surface area contributed by atoms with Crippen molar-refractivity contribution in [1.29, 1.82) is 0 Å². The third-order valence-corrected chi connectivity index (χ3v) is 5.87. The smallest absolute Gasteiger partial charge is 0.276 e. The van der Waals surface area contributed by atoms with E-state index >= 15 is 0 Å². The Morgan fingerprint density at radius 2 is 2.04 bits per heavy atom. The van der Waals surface area contributed by atoms with Crippen LogP contribution >= 0.6 is 11.6 Å². The maximum absolute atomic E-state index is 12.9. The first-order valence-corrected chi connectivity index (χ1v) is 9.72. The Hall–Kier alpha value is -1.85. The van der Waals surface area contributed by atoms with E-state index < -0.39 is 0 Å². The number of hydrogen-bond acceptors (Lipinski definition) is 4. The Morgan fingerprint density at radius 3 is 2.81 bits per heavy atom. The van der Waals surface area contributed by atoms with Gasteiger partial charge in [0.25, 0.3) is 5.91 Å². The Labute approximate surface area is 158 Å². The van der Waals surface area contributed by atoms with E-state index in [9.17, 15) is 4.79 Å². The zero-order chi connectivity index (χ0) is 18.1. The van der Waals surface area contributed by atoms with Crippen molar-refractivity contribution in [3.63, 3.8) is 0 Å². The van der Waals surface area contributed by atoms with Gasteiger partial charge in [0.2, 0.25) is 0 Å². The second-order valence-electron chi connectivity index (χ2n) is 7.44. The topological polar surface area (TPSA) is 49.6 Å². The first-order chi connectivity index (χ1) is 12.6. The molecule has 1 aromatic heterocycles. The number of halogens is 1. The molecule has 138 valence electrons. The standard InChI is InChI=1S/C20H24ClN3O2/c1-14-6-7-18-16(12-14)19(22-26-18)20(25)24-10-8-23(9-11-24)13-15-4-2-3-5-17(15)21/h2-5,14H,6-13H2,1H3. The predicted octanol–water partition coefficient (Wildman–Crippen LogP) is 3.41. The van der Waals surface area contributed by atoms with Crippen LogP contribution in [0.2, 0.25) is 5.02 Å². The number of fused-ring (bicyclic) bond motifs is 1. The lowest BCUT2D eigenvalue weighted by atomic mass is 9.88. The second kappa shape index (κ2) is 7.41. The molecule has 1 atom stereocenters. The summed E-state index contributed by atoms with van der Waals surface area (Å²) in [4.78, 5) is 17.2. The highest BCUT2D eigenvalue weighted by Crippen LogP contribution is 2.28. The van der Waals surface area contributed by atoms with Gasteiger partial charge in [-0.3, -0.25) is 9.69 Å². The van der Waals surface area contributed by atoms with Crippen molar-refractivity contribution >= 4 is 17.5 Å². The summed E-state index contributed by atoms with van der Waals surface area (Å²) in [6, 6.07) is 7.94. The van der Waals surface area contributed by atoms with Crippen LogP contribution in [0.25, 0.3) is 0 Å². The van der Waals surface area contributed by atoms with Crippen molar-refractivity contribution in [3.8, 4) is 0 Å². The van der Waals surface area contributed by atoms with Crippen LogP contribution in [0.15, 0.2) is 28.8 Å². The molecular formula is C20H24ClN3O2. The molecule has 0 N–H and O–H groups in total. The summed E-state index contributed by atoms with van der Waals surface area (Å²) in [5, 5.41) is 4.91. The second-order valence-corrected chi connectivity index (χ2v) is 7.85. The molecule has 1 aromatic carbocycles. The summed E-state index contributed by atoms with van der Waals surface area (Å²) in [7, 11) is 0. The summed E-state index contributed by atoms with van der Waals surface area (Å²) >= 11 is 6.26. The van der Waals surface area contributed by atoms with Gasteiger partial charge in [0.1, 0.15) is 5.76 Å².